The standard InChI is InChI=1S/C11H12BrFO/c1-11(13)6-10(7-11)14-9-4-2-8(12)3-5-9/h2-5,10H,6-7H2,1H3. The van der Waals surface area contributed by atoms with Gasteiger partial charge in [0.2, 0.25) is 0 Å². The van der Waals surface area contributed by atoms with Crippen LogP contribution in [0.5, 0.6) is 5.75 Å². The van der Waals surface area contributed by atoms with Gasteiger partial charge in [0.1, 0.15) is 17.5 Å². The van der Waals surface area contributed by atoms with Crippen LogP contribution in [0.1, 0.15) is 19.8 Å². The quantitative estimate of drug-likeness (QED) is 0.786. The van der Waals surface area contributed by atoms with Gasteiger partial charge in [0.15, 0.2) is 0 Å². The Labute approximate surface area is 91.4 Å². The molecule has 0 amide bonds. The van der Waals surface area contributed by atoms with Crippen LogP contribution < -0.4 is 4.74 Å². The molecule has 0 aromatic heterocycles. The molecule has 1 nitrogen and oxygen atoms in total. The lowest BCUT2D eigenvalue weighted by molar-refractivity contribution is -0.0291. The summed E-state index contributed by atoms with van der Waals surface area (Å²) >= 11 is 3.35. The molecule has 1 saturated carbocycles. The Kier molecular flexibility index (Phi) is 2.52. The van der Waals surface area contributed by atoms with E-state index in [-0.39, 0.29) is 6.10 Å². The highest BCUT2D eigenvalue weighted by Gasteiger charge is 2.42. The lowest BCUT2D eigenvalue weighted by atomic mass is 9.81. The van der Waals surface area contributed by atoms with Crippen LogP contribution >= 0.6 is 15.9 Å². The van der Waals surface area contributed by atoms with Gasteiger partial charge in [0.05, 0.1) is 0 Å². The molecule has 0 bridgehead atoms. The van der Waals surface area contributed by atoms with E-state index in [9.17, 15) is 4.39 Å². The zero-order valence-electron chi connectivity index (χ0n) is 7.97. The number of halogens is 2. The fourth-order valence-corrected chi connectivity index (χ4v) is 1.94. The fraction of sp³-hybridized carbons (Fsp3) is 0.455. The molecule has 0 N–H and O–H groups in total. The molecular weight excluding hydrogens is 247 g/mol. The third-order valence-electron chi connectivity index (χ3n) is 2.42. The van der Waals surface area contributed by atoms with Gasteiger partial charge in [-0.3, -0.25) is 0 Å². The number of hydrogen-bond donors (Lipinski definition) is 0. The SMILES string of the molecule is CC1(F)CC(Oc2ccc(Br)cc2)C1. The molecule has 0 aliphatic heterocycles. The average Bonchev–Trinajstić information content (AvgIpc) is 2.06. The normalized spacial score (nSPS) is 30.9. The van der Waals surface area contributed by atoms with Gasteiger partial charge in [-0.05, 0) is 31.2 Å². The highest BCUT2D eigenvalue weighted by Crippen LogP contribution is 2.38. The van der Waals surface area contributed by atoms with Gasteiger partial charge in [-0.25, -0.2) is 4.39 Å². The highest BCUT2D eigenvalue weighted by atomic mass is 79.9. The van der Waals surface area contributed by atoms with Crippen LogP contribution in [0.4, 0.5) is 4.39 Å². The van der Waals surface area contributed by atoms with E-state index in [0.29, 0.717) is 12.8 Å². The molecule has 14 heavy (non-hydrogen) atoms. The second kappa shape index (κ2) is 3.54. The van der Waals surface area contributed by atoms with Crippen molar-refractivity contribution in [3.63, 3.8) is 0 Å². The summed E-state index contributed by atoms with van der Waals surface area (Å²) in [5, 5.41) is 0. The van der Waals surface area contributed by atoms with Gasteiger partial charge in [-0.2, -0.15) is 0 Å². The Morgan fingerprint density at radius 1 is 1.36 bits per heavy atom. The smallest absolute Gasteiger partial charge is 0.119 e. The Hall–Kier alpha value is -0.570. The zero-order chi connectivity index (χ0) is 10.2. The van der Waals surface area contributed by atoms with Crippen LogP contribution in [0.3, 0.4) is 0 Å². The molecule has 76 valence electrons. The third-order valence-corrected chi connectivity index (χ3v) is 2.95. The third kappa shape index (κ3) is 2.27. The Bertz CT molecular complexity index is 313. The van der Waals surface area contributed by atoms with Crippen LogP contribution in [0, 0.1) is 0 Å². The fourth-order valence-electron chi connectivity index (χ4n) is 1.68. The summed E-state index contributed by atoms with van der Waals surface area (Å²) in [5.74, 6) is 0.814. The molecule has 1 aliphatic carbocycles. The first-order chi connectivity index (χ1) is 6.55. The van der Waals surface area contributed by atoms with Gasteiger partial charge >= 0.3 is 0 Å². The van der Waals surface area contributed by atoms with Crippen molar-refractivity contribution in [3.05, 3.63) is 28.7 Å². The van der Waals surface area contributed by atoms with Crippen LogP contribution in [-0.4, -0.2) is 11.8 Å². The van der Waals surface area contributed by atoms with E-state index in [4.69, 9.17) is 4.74 Å². The lowest BCUT2D eigenvalue weighted by Gasteiger charge is -2.38. The van der Waals surface area contributed by atoms with Crippen molar-refractivity contribution in [1.82, 2.24) is 0 Å². The molecule has 0 atom stereocenters. The molecule has 0 saturated heterocycles. The first-order valence-corrected chi connectivity index (χ1v) is 5.46. The summed E-state index contributed by atoms with van der Waals surface area (Å²) in [7, 11) is 0. The predicted molar refractivity (Wildman–Crippen MR) is 57.3 cm³/mol. The average molecular weight is 259 g/mol. The zero-order valence-corrected chi connectivity index (χ0v) is 9.55. The largest absolute Gasteiger partial charge is 0.490 e. The van der Waals surface area contributed by atoms with E-state index in [1.54, 1.807) is 6.92 Å². The monoisotopic (exact) mass is 258 g/mol. The van der Waals surface area contributed by atoms with Crippen molar-refractivity contribution in [2.24, 2.45) is 0 Å². The van der Waals surface area contributed by atoms with Crippen molar-refractivity contribution in [2.45, 2.75) is 31.5 Å². The topological polar surface area (TPSA) is 9.23 Å². The van der Waals surface area contributed by atoms with E-state index in [2.05, 4.69) is 15.9 Å². The summed E-state index contributed by atoms with van der Waals surface area (Å²) in [5.41, 5.74) is -1.01. The van der Waals surface area contributed by atoms with Crippen molar-refractivity contribution in [3.8, 4) is 5.75 Å². The van der Waals surface area contributed by atoms with E-state index < -0.39 is 5.67 Å². The molecule has 1 aromatic carbocycles. The Morgan fingerprint density at radius 2 is 1.93 bits per heavy atom. The maximum atomic E-state index is 13.1. The number of hydrogen-bond acceptors (Lipinski definition) is 1. The Morgan fingerprint density at radius 3 is 2.43 bits per heavy atom. The molecule has 1 aliphatic rings. The number of alkyl halides is 1. The molecule has 0 spiro atoms. The minimum absolute atomic E-state index is 0.0474. The number of benzene rings is 1. The molecule has 0 unspecified atom stereocenters. The second-order valence-corrected chi connectivity index (χ2v) is 4.93. The number of rotatable bonds is 2. The maximum Gasteiger partial charge on any atom is 0.119 e. The summed E-state index contributed by atoms with van der Waals surface area (Å²) in [6.07, 6.45) is 1.05. The van der Waals surface area contributed by atoms with Gasteiger partial charge in [0.25, 0.3) is 0 Å². The van der Waals surface area contributed by atoms with Crippen LogP contribution in [0.15, 0.2) is 28.7 Å². The minimum atomic E-state index is -1.01. The summed E-state index contributed by atoms with van der Waals surface area (Å²) in [4.78, 5) is 0. The van der Waals surface area contributed by atoms with E-state index in [1.165, 1.54) is 0 Å². The van der Waals surface area contributed by atoms with Crippen molar-refractivity contribution in [1.29, 1.82) is 0 Å². The van der Waals surface area contributed by atoms with Crippen molar-refractivity contribution < 1.29 is 9.13 Å². The molecular formula is C11H12BrFO. The summed E-state index contributed by atoms with van der Waals surface area (Å²) < 4.78 is 19.7. The van der Waals surface area contributed by atoms with Gasteiger partial charge in [-0.15, -0.1) is 0 Å². The lowest BCUT2D eigenvalue weighted by Crippen LogP contribution is -2.44. The van der Waals surface area contributed by atoms with Gasteiger partial charge in [0, 0.05) is 17.3 Å². The van der Waals surface area contributed by atoms with Crippen LogP contribution in [-0.2, 0) is 0 Å². The second-order valence-electron chi connectivity index (χ2n) is 4.02. The summed E-state index contributed by atoms with van der Waals surface area (Å²) in [6, 6.07) is 7.61. The molecule has 1 aromatic rings. The van der Waals surface area contributed by atoms with Crippen molar-refractivity contribution >= 4 is 15.9 Å². The van der Waals surface area contributed by atoms with Gasteiger partial charge in [-0.1, -0.05) is 15.9 Å². The first-order valence-electron chi connectivity index (χ1n) is 4.66. The predicted octanol–water partition coefficient (Wildman–Crippen LogP) is 3.72. The molecule has 0 heterocycles. The van der Waals surface area contributed by atoms with E-state index in [0.717, 1.165) is 10.2 Å². The summed E-state index contributed by atoms with van der Waals surface area (Å²) in [6.45, 7) is 1.62. The molecule has 2 rings (SSSR count). The van der Waals surface area contributed by atoms with E-state index in [1.807, 2.05) is 24.3 Å². The molecule has 3 heteroatoms. The van der Waals surface area contributed by atoms with Gasteiger partial charge < -0.3 is 4.74 Å². The van der Waals surface area contributed by atoms with E-state index >= 15 is 0 Å². The first kappa shape index (κ1) is 9.97. The van der Waals surface area contributed by atoms with Crippen LogP contribution in [0.2, 0.25) is 0 Å². The van der Waals surface area contributed by atoms with Crippen molar-refractivity contribution in [2.75, 3.05) is 0 Å². The Balaban J connectivity index is 1.90. The highest BCUT2D eigenvalue weighted by molar-refractivity contribution is 9.10. The maximum absolute atomic E-state index is 13.1. The van der Waals surface area contributed by atoms with Crippen LogP contribution in [0.25, 0.3) is 0 Å². The molecule has 1 fully saturated rings. The minimum Gasteiger partial charge on any atom is -0.490 e. The number of ether oxygens (including phenoxy) is 1. The molecule has 0 radical (unpaired) electrons.